The zero-order chi connectivity index (χ0) is 31.9. The predicted octanol–water partition coefficient (Wildman–Crippen LogP) is 16.9. The molecule has 0 N–H and O–H groups in total. The highest BCUT2D eigenvalue weighted by Crippen LogP contribution is 2.18. The monoisotopic (exact) mass is 738 g/mol. The highest BCUT2D eigenvalue weighted by Gasteiger charge is 2.01. The highest BCUT2D eigenvalue weighted by atomic mass is 79.9. The number of hydrogen-bond donors (Lipinski definition) is 0. The van der Waals surface area contributed by atoms with Crippen LogP contribution in [0.2, 0.25) is 6.04 Å². The SMILES string of the molecule is Cl[SiH](Cl)CCCCCCCCCCCCCCCCCCCCCCCCCCCCCCCCCCCCCCCCBr. The Balaban J connectivity index is 3.03. The van der Waals surface area contributed by atoms with Crippen molar-refractivity contribution in [1.29, 1.82) is 0 Å². The lowest BCUT2D eigenvalue weighted by Crippen LogP contribution is -1.91. The second kappa shape index (κ2) is 42.3. The first-order valence-electron chi connectivity index (χ1n) is 20.6. The van der Waals surface area contributed by atoms with Gasteiger partial charge in [0.25, 0.3) is 0 Å². The molecule has 0 aliphatic heterocycles. The van der Waals surface area contributed by atoms with Gasteiger partial charge in [0.1, 0.15) is 0 Å². The van der Waals surface area contributed by atoms with Crippen molar-refractivity contribution >= 4 is 45.5 Å². The van der Waals surface area contributed by atoms with Crippen molar-refractivity contribution in [3.05, 3.63) is 0 Å². The van der Waals surface area contributed by atoms with Crippen LogP contribution in [0.4, 0.5) is 0 Å². The van der Waals surface area contributed by atoms with Crippen LogP contribution in [0.25, 0.3) is 0 Å². The van der Waals surface area contributed by atoms with Gasteiger partial charge < -0.3 is 0 Å². The molecule has 44 heavy (non-hydrogen) atoms. The van der Waals surface area contributed by atoms with Gasteiger partial charge >= 0.3 is 0 Å². The molecule has 0 aromatic rings. The molecule has 0 rings (SSSR count). The van der Waals surface area contributed by atoms with E-state index in [1.807, 2.05) is 0 Å². The van der Waals surface area contributed by atoms with Crippen molar-refractivity contribution in [3.8, 4) is 0 Å². The smallest absolute Gasteiger partial charge is 0.150 e. The van der Waals surface area contributed by atoms with Crippen LogP contribution in [0.15, 0.2) is 0 Å². The molecule has 266 valence electrons. The van der Waals surface area contributed by atoms with Crippen molar-refractivity contribution in [2.24, 2.45) is 0 Å². The van der Waals surface area contributed by atoms with Gasteiger partial charge in [-0.15, -0.1) is 0 Å². The zero-order valence-corrected chi connectivity index (χ0v) is 34.2. The van der Waals surface area contributed by atoms with Crippen molar-refractivity contribution < 1.29 is 0 Å². The molecule has 0 aromatic carbocycles. The van der Waals surface area contributed by atoms with E-state index in [9.17, 15) is 0 Å². The van der Waals surface area contributed by atoms with Crippen LogP contribution >= 0.6 is 38.1 Å². The lowest BCUT2D eigenvalue weighted by Gasteiger charge is -2.05. The fraction of sp³-hybridized carbons (Fsp3) is 1.00. The average molecular weight is 741 g/mol. The number of hydrogen-bond acceptors (Lipinski definition) is 0. The van der Waals surface area contributed by atoms with E-state index in [1.54, 1.807) is 0 Å². The maximum atomic E-state index is 5.91. The minimum atomic E-state index is -1.34. The summed E-state index contributed by atoms with van der Waals surface area (Å²) in [6.45, 7) is 0. The summed E-state index contributed by atoms with van der Waals surface area (Å²) in [5.74, 6) is 0. The van der Waals surface area contributed by atoms with Crippen LogP contribution in [-0.4, -0.2) is 12.7 Å². The van der Waals surface area contributed by atoms with Crippen molar-refractivity contribution in [2.75, 3.05) is 5.33 Å². The minimum absolute atomic E-state index is 1.10. The third kappa shape index (κ3) is 43.3. The van der Waals surface area contributed by atoms with Gasteiger partial charge in [-0.2, -0.15) is 22.2 Å². The van der Waals surface area contributed by atoms with Crippen LogP contribution in [-0.2, 0) is 0 Å². The van der Waals surface area contributed by atoms with E-state index in [2.05, 4.69) is 15.9 Å². The topological polar surface area (TPSA) is 0 Å². The molecular formula is C40H81BrCl2Si. The average Bonchev–Trinajstić information content (AvgIpc) is 3.02. The first-order valence-corrected chi connectivity index (χ1v) is 26.0. The summed E-state index contributed by atoms with van der Waals surface area (Å²) in [6, 6.07) is 1.10. The maximum absolute atomic E-state index is 5.91. The van der Waals surface area contributed by atoms with E-state index in [1.165, 1.54) is 249 Å². The fourth-order valence-electron chi connectivity index (χ4n) is 6.76. The predicted molar refractivity (Wildman–Crippen MR) is 213 cm³/mol. The standard InChI is InChI=1S/C40H81BrCl2Si/c41-39-37-35-33-31-29-27-25-23-21-19-17-15-13-11-9-7-5-3-1-2-4-6-8-10-12-14-16-18-20-22-24-26-28-30-32-34-36-38-40-44(42)43/h44H,1-40H2. The molecule has 0 bridgehead atoms. The lowest BCUT2D eigenvalue weighted by molar-refractivity contribution is 0.510. The summed E-state index contributed by atoms with van der Waals surface area (Å²) >= 11 is 15.4. The van der Waals surface area contributed by atoms with Crippen LogP contribution in [0.3, 0.4) is 0 Å². The summed E-state index contributed by atoms with van der Waals surface area (Å²) in [5.41, 5.74) is 0. The molecule has 0 atom stereocenters. The van der Waals surface area contributed by atoms with E-state index >= 15 is 0 Å². The van der Waals surface area contributed by atoms with Crippen molar-refractivity contribution in [3.63, 3.8) is 0 Å². The number of unbranched alkanes of at least 4 members (excludes halogenated alkanes) is 37. The Hall–Kier alpha value is 1.28. The Morgan fingerprint density at radius 3 is 0.500 bits per heavy atom. The van der Waals surface area contributed by atoms with Gasteiger partial charge in [0.05, 0.1) is 0 Å². The van der Waals surface area contributed by atoms with E-state index in [4.69, 9.17) is 22.2 Å². The first-order chi connectivity index (χ1) is 21.8. The summed E-state index contributed by atoms with van der Waals surface area (Å²) < 4.78 is 0. The Morgan fingerprint density at radius 1 is 0.227 bits per heavy atom. The van der Waals surface area contributed by atoms with Gasteiger partial charge in [0, 0.05) is 5.33 Å². The number of halogens is 3. The van der Waals surface area contributed by atoms with Gasteiger partial charge in [-0.25, -0.2) is 0 Å². The Morgan fingerprint density at radius 2 is 0.364 bits per heavy atom. The van der Waals surface area contributed by atoms with Crippen LogP contribution in [0.1, 0.15) is 244 Å². The van der Waals surface area contributed by atoms with Crippen molar-refractivity contribution in [2.45, 2.75) is 250 Å². The maximum Gasteiger partial charge on any atom is 0.237 e. The Labute approximate surface area is 299 Å². The van der Waals surface area contributed by atoms with Gasteiger partial charge in [-0.3, -0.25) is 0 Å². The van der Waals surface area contributed by atoms with Crippen molar-refractivity contribution in [1.82, 2.24) is 0 Å². The molecular weight excluding hydrogens is 659 g/mol. The van der Waals surface area contributed by atoms with Gasteiger partial charge in [0.15, 0.2) is 0 Å². The van der Waals surface area contributed by atoms with Crippen LogP contribution in [0.5, 0.6) is 0 Å². The van der Waals surface area contributed by atoms with E-state index in [-0.39, 0.29) is 0 Å². The largest absolute Gasteiger partial charge is 0.237 e. The fourth-order valence-corrected chi connectivity index (χ4v) is 8.68. The molecule has 0 saturated carbocycles. The molecule has 0 fully saturated rings. The molecule has 0 aliphatic carbocycles. The summed E-state index contributed by atoms with van der Waals surface area (Å²) in [4.78, 5) is 0. The Kier molecular flexibility index (Phi) is 43.5. The van der Waals surface area contributed by atoms with Crippen LogP contribution < -0.4 is 0 Å². The van der Waals surface area contributed by atoms with Gasteiger partial charge in [0.2, 0.25) is 7.42 Å². The van der Waals surface area contributed by atoms with E-state index in [0.717, 1.165) is 6.04 Å². The number of rotatable bonds is 40. The molecule has 0 spiro atoms. The molecule has 4 heteroatoms. The second-order valence-corrected chi connectivity index (χ2v) is 20.3. The second-order valence-electron chi connectivity index (χ2n) is 14.3. The molecule has 0 saturated heterocycles. The quantitative estimate of drug-likeness (QED) is 0.0254. The Bertz CT molecular complexity index is 490. The molecule has 0 nitrogen and oxygen atoms in total. The molecule has 0 radical (unpaired) electrons. The molecule has 0 unspecified atom stereocenters. The zero-order valence-electron chi connectivity index (χ0n) is 30.0. The van der Waals surface area contributed by atoms with Gasteiger partial charge in [-0.1, -0.05) is 254 Å². The molecule has 0 heterocycles. The third-order valence-electron chi connectivity index (χ3n) is 9.81. The highest BCUT2D eigenvalue weighted by molar-refractivity contribution is 9.09. The van der Waals surface area contributed by atoms with Gasteiger partial charge in [-0.05, 0) is 12.5 Å². The molecule has 0 amide bonds. The molecule has 0 aromatic heterocycles. The molecule has 0 aliphatic rings. The van der Waals surface area contributed by atoms with E-state index < -0.39 is 7.42 Å². The lowest BCUT2D eigenvalue weighted by atomic mass is 10.0. The summed E-state index contributed by atoms with van der Waals surface area (Å²) in [6.07, 6.45) is 55.4. The van der Waals surface area contributed by atoms with E-state index in [0.29, 0.717) is 0 Å². The first kappa shape index (κ1) is 45.3. The normalized spacial score (nSPS) is 11.7. The van der Waals surface area contributed by atoms with Crippen LogP contribution in [0, 0.1) is 0 Å². The third-order valence-corrected chi connectivity index (χ3v) is 12.5. The summed E-state index contributed by atoms with van der Waals surface area (Å²) in [5, 5.41) is 1.18. The number of alkyl halides is 1. The minimum Gasteiger partial charge on any atom is -0.150 e. The summed E-state index contributed by atoms with van der Waals surface area (Å²) in [7, 11) is -1.34.